The Morgan fingerprint density at radius 2 is 1.65 bits per heavy atom. The van der Waals surface area contributed by atoms with Crippen LogP contribution in [-0.2, 0) is 27.5 Å². The Kier molecular flexibility index (Phi) is 9.29. The third-order valence-electron chi connectivity index (χ3n) is 7.20. The number of likely N-dealkylation sites (tertiary alicyclic amines) is 1. The highest BCUT2D eigenvalue weighted by molar-refractivity contribution is 6.02. The third-order valence-corrected chi connectivity index (χ3v) is 7.20. The molecule has 3 amide bonds. The van der Waals surface area contributed by atoms with Crippen LogP contribution < -0.4 is 11.1 Å². The van der Waals surface area contributed by atoms with Crippen LogP contribution in [0.1, 0.15) is 68.1 Å². The molecule has 4 rings (SSSR count). The molecule has 0 unspecified atom stereocenters. The van der Waals surface area contributed by atoms with E-state index in [1.54, 1.807) is 17.0 Å². The van der Waals surface area contributed by atoms with Crippen molar-refractivity contribution in [1.82, 2.24) is 10.2 Å². The summed E-state index contributed by atoms with van der Waals surface area (Å²) < 4.78 is 5.14. The average Bonchev–Trinajstić information content (AvgIpc) is 3.42. The SMILES string of the molecule is N/C(=N\C(=O)OCc1ccccc1)c1ccc(CNC(=O)[C@@H]2CCCN2C(=O)CC2CCCCC2)cc1. The van der Waals surface area contributed by atoms with E-state index < -0.39 is 6.09 Å². The van der Waals surface area contributed by atoms with Crippen molar-refractivity contribution in [3.8, 4) is 0 Å². The van der Waals surface area contributed by atoms with Crippen molar-refractivity contribution in [2.24, 2.45) is 16.6 Å². The van der Waals surface area contributed by atoms with Crippen molar-refractivity contribution >= 4 is 23.7 Å². The number of hydrogen-bond donors (Lipinski definition) is 2. The number of aliphatic imine (C=N–C) groups is 1. The maximum atomic E-state index is 12.9. The van der Waals surface area contributed by atoms with Crippen LogP contribution in [0.2, 0.25) is 0 Å². The van der Waals surface area contributed by atoms with Gasteiger partial charge >= 0.3 is 6.09 Å². The fourth-order valence-corrected chi connectivity index (χ4v) is 5.11. The van der Waals surface area contributed by atoms with Gasteiger partial charge in [-0.2, -0.15) is 4.99 Å². The van der Waals surface area contributed by atoms with Crippen molar-refractivity contribution < 1.29 is 19.1 Å². The molecular weight excluding hydrogens is 468 g/mol. The zero-order valence-corrected chi connectivity index (χ0v) is 21.2. The van der Waals surface area contributed by atoms with Crippen LogP contribution in [0.15, 0.2) is 59.6 Å². The van der Waals surface area contributed by atoms with Crippen LogP contribution in [0.5, 0.6) is 0 Å². The van der Waals surface area contributed by atoms with Gasteiger partial charge in [0.15, 0.2) is 0 Å². The highest BCUT2D eigenvalue weighted by Gasteiger charge is 2.34. The Morgan fingerprint density at radius 3 is 2.38 bits per heavy atom. The normalized spacial score (nSPS) is 18.4. The monoisotopic (exact) mass is 504 g/mol. The molecule has 0 bridgehead atoms. The number of rotatable bonds is 8. The van der Waals surface area contributed by atoms with E-state index in [4.69, 9.17) is 10.5 Å². The first-order valence-corrected chi connectivity index (χ1v) is 13.2. The summed E-state index contributed by atoms with van der Waals surface area (Å²) in [6.45, 7) is 1.13. The van der Waals surface area contributed by atoms with Crippen molar-refractivity contribution in [1.29, 1.82) is 0 Å². The lowest BCUT2D eigenvalue weighted by atomic mass is 9.86. The topological polar surface area (TPSA) is 114 Å². The minimum absolute atomic E-state index is 0.0618. The fraction of sp³-hybridized carbons (Fsp3) is 0.448. The summed E-state index contributed by atoms with van der Waals surface area (Å²) in [5, 5.41) is 2.97. The highest BCUT2D eigenvalue weighted by atomic mass is 16.5. The van der Waals surface area contributed by atoms with Gasteiger partial charge in [0.05, 0.1) is 0 Å². The van der Waals surface area contributed by atoms with E-state index in [9.17, 15) is 14.4 Å². The molecule has 1 heterocycles. The van der Waals surface area contributed by atoms with Crippen LogP contribution in [0.3, 0.4) is 0 Å². The smallest absolute Gasteiger partial charge is 0.435 e. The maximum Gasteiger partial charge on any atom is 0.435 e. The lowest BCUT2D eigenvalue weighted by molar-refractivity contribution is -0.139. The summed E-state index contributed by atoms with van der Waals surface area (Å²) in [5.41, 5.74) is 8.31. The van der Waals surface area contributed by atoms with Crippen LogP contribution in [-0.4, -0.2) is 41.2 Å². The largest absolute Gasteiger partial charge is 0.443 e. The summed E-state index contributed by atoms with van der Waals surface area (Å²) in [5.74, 6) is 0.532. The van der Waals surface area contributed by atoms with Gasteiger partial charge in [-0.1, -0.05) is 73.9 Å². The zero-order chi connectivity index (χ0) is 26.0. The number of carbonyl (C=O) groups is 3. The summed E-state index contributed by atoms with van der Waals surface area (Å²) in [7, 11) is 0. The molecule has 8 nitrogen and oxygen atoms in total. The van der Waals surface area contributed by atoms with Gasteiger partial charge in [-0.25, -0.2) is 4.79 Å². The van der Waals surface area contributed by atoms with Crippen LogP contribution in [0, 0.1) is 5.92 Å². The van der Waals surface area contributed by atoms with E-state index >= 15 is 0 Å². The summed E-state index contributed by atoms with van der Waals surface area (Å²) in [6.07, 6.45) is 7.29. The number of ether oxygens (including phenoxy) is 1. The Bertz CT molecular complexity index is 1090. The van der Waals surface area contributed by atoms with Crippen LogP contribution >= 0.6 is 0 Å². The molecule has 2 aromatic rings. The van der Waals surface area contributed by atoms with Gasteiger partial charge in [-0.05, 0) is 42.7 Å². The number of carbonyl (C=O) groups excluding carboxylic acids is 3. The fourth-order valence-electron chi connectivity index (χ4n) is 5.11. The minimum atomic E-state index is -0.753. The van der Waals surface area contributed by atoms with Crippen LogP contribution in [0.25, 0.3) is 0 Å². The van der Waals surface area contributed by atoms with Crippen molar-refractivity contribution in [3.63, 3.8) is 0 Å². The van der Waals surface area contributed by atoms with Gasteiger partial charge in [0.2, 0.25) is 11.8 Å². The minimum Gasteiger partial charge on any atom is -0.443 e. The molecule has 2 aromatic carbocycles. The average molecular weight is 505 g/mol. The lowest BCUT2D eigenvalue weighted by Gasteiger charge is -2.27. The lowest BCUT2D eigenvalue weighted by Crippen LogP contribution is -2.46. The number of benzene rings is 2. The number of nitrogens with two attached hydrogens (primary N) is 1. The van der Waals surface area contributed by atoms with E-state index in [2.05, 4.69) is 10.3 Å². The molecule has 3 N–H and O–H groups in total. The molecule has 1 aliphatic heterocycles. The molecule has 2 fully saturated rings. The Balaban J connectivity index is 1.24. The quantitative estimate of drug-likeness (QED) is 0.411. The highest BCUT2D eigenvalue weighted by Crippen LogP contribution is 2.28. The molecule has 1 saturated carbocycles. The van der Waals surface area contributed by atoms with Crippen molar-refractivity contribution in [2.45, 2.75) is 70.6 Å². The molecule has 0 aromatic heterocycles. The molecule has 0 spiro atoms. The van der Waals surface area contributed by atoms with E-state index in [0.717, 1.165) is 30.4 Å². The molecule has 0 radical (unpaired) electrons. The number of nitrogens with one attached hydrogen (secondary N) is 1. The number of amidine groups is 1. The number of nitrogens with zero attached hydrogens (tertiary/aromatic N) is 2. The number of amides is 3. The predicted octanol–water partition coefficient (Wildman–Crippen LogP) is 4.31. The molecule has 8 heteroatoms. The van der Waals surface area contributed by atoms with Crippen molar-refractivity contribution in [2.75, 3.05) is 6.54 Å². The third kappa shape index (κ3) is 7.65. The number of hydrogen-bond acceptors (Lipinski definition) is 4. The molecule has 37 heavy (non-hydrogen) atoms. The van der Waals surface area contributed by atoms with Gasteiger partial charge in [-0.3, -0.25) is 9.59 Å². The first-order valence-electron chi connectivity index (χ1n) is 13.2. The van der Waals surface area contributed by atoms with E-state index in [0.29, 0.717) is 37.4 Å². The Morgan fingerprint density at radius 1 is 0.919 bits per heavy atom. The molecule has 1 saturated heterocycles. The van der Waals surface area contributed by atoms with Gasteiger partial charge in [-0.15, -0.1) is 0 Å². The summed E-state index contributed by atoms with van der Waals surface area (Å²) in [4.78, 5) is 43.4. The van der Waals surface area contributed by atoms with Gasteiger partial charge < -0.3 is 20.7 Å². The molecule has 1 aliphatic carbocycles. The molecule has 2 aliphatic rings. The van der Waals surface area contributed by atoms with E-state index in [1.165, 1.54) is 19.3 Å². The molecular formula is C29H36N4O4. The summed E-state index contributed by atoms with van der Waals surface area (Å²) in [6, 6.07) is 16.1. The second-order valence-electron chi connectivity index (χ2n) is 9.91. The Hall–Kier alpha value is -3.68. The van der Waals surface area contributed by atoms with Crippen molar-refractivity contribution in [3.05, 3.63) is 71.3 Å². The molecule has 196 valence electrons. The Labute approximate surface area is 218 Å². The second-order valence-corrected chi connectivity index (χ2v) is 9.91. The summed E-state index contributed by atoms with van der Waals surface area (Å²) >= 11 is 0. The van der Waals surface area contributed by atoms with Gasteiger partial charge in [0, 0.05) is 25.1 Å². The second kappa shape index (κ2) is 13.0. The first-order chi connectivity index (χ1) is 18.0. The van der Waals surface area contributed by atoms with E-state index in [-0.39, 0.29) is 30.3 Å². The van der Waals surface area contributed by atoms with Crippen LogP contribution in [0.4, 0.5) is 4.79 Å². The maximum absolute atomic E-state index is 12.9. The first kappa shape index (κ1) is 26.4. The van der Waals surface area contributed by atoms with Gasteiger partial charge in [0.25, 0.3) is 0 Å². The molecule has 1 atom stereocenters. The predicted molar refractivity (Wildman–Crippen MR) is 142 cm³/mol. The van der Waals surface area contributed by atoms with Gasteiger partial charge in [0.1, 0.15) is 18.5 Å². The standard InChI is InChI=1S/C29H36N4O4/c30-27(32-29(36)37-20-23-10-5-2-6-11-23)24-15-13-22(14-16-24)19-31-28(35)25-12-7-17-33(25)26(34)18-21-8-3-1-4-9-21/h2,5-6,10-11,13-16,21,25H,1,3-4,7-9,12,17-20H2,(H,31,35)(H2,30,32,36)/t25-/m0/s1. The van der Waals surface area contributed by atoms with E-state index in [1.807, 2.05) is 42.5 Å². The zero-order valence-electron chi connectivity index (χ0n) is 21.2.